The maximum Gasteiger partial charge on any atom is 0.225 e. The Hall–Kier alpha value is -2.43. The molecule has 1 aromatic heterocycles. The normalized spacial score (nSPS) is 27.4. The molecule has 1 aromatic carbocycles. The van der Waals surface area contributed by atoms with Gasteiger partial charge in [-0.1, -0.05) is 36.4 Å². The van der Waals surface area contributed by atoms with Gasteiger partial charge >= 0.3 is 0 Å². The fraction of sp³-hybridized carbons (Fsp3) is 0.312. The molecule has 0 amide bonds. The van der Waals surface area contributed by atoms with Crippen LogP contribution in [0, 0.1) is 5.92 Å². The van der Waals surface area contributed by atoms with Gasteiger partial charge in [0.15, 0.2) is 0 Å². The maximum atomic E-state index is 12.6. The smallest absolute Gasteiger partial charge is 0.225 e. The van der Waals surface area contributed by atoms with Crippen LogP contribution in [0.4, 0.5) is 5.95 Å². The van der Waals surface area contributed by atoms with Crippen LogP contribution in [0.25, 0.3) is 0 Å². The molecular weight excluding hydrogens is 264 g/mol. The van der Waals surface area contributed by atoms with E-state index in [1.165, 1.54) is 11.9 Å². The number of benzene rings is 1. The van der Waals surface area contributed by atoms with Crippen molar-refractivity contribution in [3.8, 4) is 0 Å². The third kappa shape index (κ3) is 1.88. The third-order valence-corrected chi connectivity index (χ3v) is 4.41. The quantitative estimate of drug-likeness (QED) is 0.872. The average molecular weight is 280 g/mol. The monoisotopic (exact) mass is 280 g/mol. The minimum atomic E-state index is -0.140. The summed E-state index contributed by atoms with van der Waals surface area (Å²) in [6.45, 7) is 2.03. The molecule has 5 nitrogen and oxygen atoms in total. The van der Waals surface area contributed by atoms with Gasteiger partial charge in [0.25, 0.3) is 0 Å². The predicted octanol–water partition coefficient (Wildman–Crippen LogP) is 2.52. The molecule has 1 aliphatic carbocycles. The van der Waals surface area contributed by atoms with Gasteiger partial charge in [-0.3, -0.25) is 4.79 Å². The molecule has 3 atom stereocenters. The predicted molar refractivity (Wildman–Crippen MR) is 78.7 cm³/mol. The van der Waals surface area contributed by atoms with Crippen LogP contribution < -0.4 is 5.32 Å². The van der Waals surface area contributed by atoms with E-state index < -0.39 is 0 Å². The number of allylic oxidation sites excluding steroid dienone is 2. The standard InChI is InChI=1S/C16H16N4O/c1-10-15-13(19-16-17-9-18-20(10)16)7-12(8-14(15)21)11-5-3-2-4-6-11/h2-7,9-10,12,15H,8H2,1H3,(H,17,18,19)/t10-,12+,15-/m1/s1. The minimum Gasteiger partial charge on any atom is -0.328 e. The third-order valence-electron chi connectivity index (χ3n) is 4.41. The van der Waals surface area contributed by atoms with Crippen molar-refractivity contribution in [1.29, 1.82) is 0 Å². The van der Waals surface area contributed by atoms with Gasteiger partial charge in [0.2, 0.25) is 5.95 Å². The Labute approximate surface area is 122 Å². The topological polar surface area (TPSA) is 59.8 Å². The van der Waals surface area contributed by atoms with Crippen LogP contribution >= 0.6 is 0 Å². The zero-order valence-corrected chi connectivity index (χ0v) is 11.7. The van der Waals surface area contributed by atoms with Gasteiger partial charge in [-0.25, -0.2) is 4.68 Å². The van der Waals surface area contributed by atoms with Crippen molar-refractivity contribution in [3.63, 3.8) is 0 Å². The molecule has 4 rings (SSSR count). The zero-order valence-electron chi connectivity index (χ0n) is 11.7. The average Bonchev–Trinajstić information content (AvgIpc) is 2.96. The van der Waals surface area contributed by atoms with Gasteiger partial charge in [-0.15, -0.1) is 0 Å². The zero-order chi connectivity index (χ0) is 14.4. The van der Waals surface area contributed by atoms with Crippen LogP contribution in [0.3, 0.4) is 0 Å². The molecule has 0 saturated heterocycles. The van der Waals surface area contributed by atoms with Crippen molar-refractivity contribution in [1.82, 2.24) is 14.8 Å². The molecule has 21 heavy (non-hydrogen) atoms. The Balaban J connectivity index is 1.76. The summed E-state index contributed by atoms with van der Waals surface area (Å²) in [6.07, 6.45) is 4.25. The first-order valence-electron chi connectivity index (χ1n) is 7.20. The van der Waals surface area contributed by atoms with Crippen molar-refractivity contribution in [2.24, 2.45) is 5.92 Å². The first-order valence-corrected chi connectivity index (χ1v) is 7.20. The number of aromatic nitrogens is 3. The summed E-state index contributed by atoms with van der Waals surface area (Å²) >= 11 is 0. The molecule has 2 heterocycles. The molecule has 1 aliphatic heterocycles. The highest BCUT2D eigenvalue weighted by Crippen LogP contribution is 2.40. The highest BCUT2D eigenvalue weighted by atomic mass is 16.1. The van der Waals surface area contributed by atoms with Gasteiger partial charge in [0.05, 0.1) is 12.0 Å². The van der Waals surface area contributed by atoms with Gasteiger partial charge < -0.3 is 5.32 Å². The summed E-state index contributed by atoms with van der Waals surface area (Å²) in [7, 11) is 0. The number of ketones is 1. The van der Waals surface area contributed by atoms with E-state index in [0.717, 1.165) is 5.70 Å². The molecule has 0 spiro atoms. The lowest BCUT2D eigenvalue weighted by molar-refractivity contribution is -0.123. The number of rotatable bonds is 1. The SMILES string of the molecule is C[C@@H]1[C@H]2C(=O)C[C@@H](c3ccccc3)C=C2Nc2ncnn21. The summed E-state index contributed by atoms with van der Waals surface area (Å²) < 4.78 is 1.79. The van der Waals surface area contributed by atoms with E-state index in [9.17, 15) is 4.79 Å². The van der Waals surface area contributed by atoms with Gasteiger partial charge in [0, 0.05) is 18.0 Å². The second kappa shape index (κ2) is 4.55. The number of hydrogen-bond acceptors (Lipinski definition) is 4. The molecule has 1 N–H and O–H groups in total. The first-order chi connectivity index (χ1) is 10.2. The Kier molecular flexibility index (Phi) is 2.67. The second-order valence-corrected chi connectivity index (χ2v) is 5.68. The van der Waals surface area contributed by atoms with Gasteiger partial charge in [-0.05, 0) is 12.5 Å². The lowest BCUT2D eigenvalue weighted by atomic mass is 9.78. The van der Waals surface area contributed by atoms with Crippen molar-refractivity contribution in [3.05, 3.63) is 54.0 Å². The molecule has 0 radical (unpaired) electrons. The first kappa shape index (κ1) is 12.3. The Morgan fingerprint density at radius 2 is 2.10 bits per heavy atom. The van der Waals surface area contributed by atoms with E-state index in [1.807, 2.05) is 25.1 Å². The number of anilines is 1. The van der Waals surface area contributed by atoms with Gasteiger partial charge in [0.1, 0.15) is 12.1 Å². The van der Waals surface area contributed by atoms with E-state index in [0.29, 0.717) is 12.4 Å². The van der Waals surface area contributed by atoms with E-state index in [1.54, 1.807) is 4.68 Å². The fourth-order valence-electron chi connectivity index (χ4n) is 3.37. The molecule has 106 valence electrons. The highest BCUT2D eigenvalue weighted by molar-refractivity contribution is 5.88. The second-order valence-electron chi connectivity index (χ2n) is 5.68. The largest absolute Gasteiger partial charge is 0.328 e. The van der Waals surface area contributed by atoms with Crippen LogP contribution in [-0.4, -0.2) is 20.5 Å². The molecular formula is C16H16N4O. The van der Waals surface area contributed by atoms with E-state index in [4.69, 9.17) is 0 Å². The van der Waals surface area contributed by atoms with Crippen LogP contribution in [0.15, 0.2) is 48.4 Å². The van der Waals surface area contributed by atoms with Gasteiger partial charge in [-0.2, -0.15) is 10.1 Å². The van der Waals surface area contributed by atoms with Crippen LogP contribution in [0.2, 0.25) is 0 Å². The van der Waals surface area contributed by atoms with Crippen molar-refractivity contribution in [2.45, 2.75) is 25.3 Å². The molecule has 0 unspecified atom stereocenters. The van der Waals surface area contributed by atoms with Crippen LogP contribution in [0.1, 0.15) is 30.9 Å². The Morgan fingerprint density at radius 1 is 1.29 bits per heavy atom. The van der Waals surface area contributed by atoms with E-state index >= 15 is 0 Å². The van der Waals surface area contributed by atoms with Crippen molar-refractivity contribution in [2.75, 3.05) is 5.32 Å². The number of nitrogens with zero attached hydrogens (tertiary/aromatic N) is 3. The lowest BCUT2D eigenvalue weighted by Crippen LogP contribution is -2.38. The molecule has 0 fully saturated rings. The molecule has 0 saturated carbocycles. The molecule has 2 aromatic rings. The van der Waals surface area contributed by atoms with E-state index in [-0.39, 0.29) is 23.7 Å². The number of nitrogens with one attached hydrogen (secondary N) is 1. The fourth-order valence-corrected chi connectivity index (χ4v) is 3.37. The summed E-state index contributed by atoms with van der Waals surface area (Å²) in [5.74, 6) is 0.979. The van der Waals surface area contributed by atoms with Crippen LogP contribution in [-0.2, 0) is 4.79 Å². The highest BCUT2D eigenvalue weighted by Gasteiger charge is 2.40. The van der Waals surface area contributed by atoms with Crippen molar-refractivity contribution < 1.29 is 4.79 Å². The molecule has 2 aliphatic rings. The molecule has 5 heteroatoms. The number of Topliss-reactive ketones (excluding diaryl/α,β-unsaturated/α-hetero) is 1. The number of carbonyl (C=O) groups excluding carboxylic acids is 1. The maximum absolute atomic E-state index is 12.6. The summed E-state index contributed by atoms with van der Waals surface area (Å²) in [4.78, 5) is 16.8. The number of carbonyl (C=O) groups is 1. The Morgan fingerprint density at radius 3 is 2.90 bits per heavy atom. The Bertz CT molecular complexity index is 719. The minimum absolute atomic E-state index is 0.0132. The van der Waals surface area contributed by atoms with Crippen LogP contribution in [0.5, 0.6) is 0 Å². The van der Waals surface area contributed by atoms with Crippen molar-refractivity contribution >= 4 is 11.7 Å². The molecule has 0 bridgehead atoms. The summed E-state index contributed by atoms with van der Waals surface area (Å²) in [5.41, 5.74) is 2.14. The lowest BCUT2D eigenvalue weighted by Gasteiger charge is -2.36. The van der Waals surface area contributed by atoms with E-state index in [2.05, 4.69) is 33.6 Å². The number of fused-ring (bicyclic) bond motifs is 2. The summed E-state index contributed by atoms with van der Waals surface area (Å²) in [6, 6.07) is 10.2. The summed E-state index contributed by atoms with van der Waals surface area (Å²) in [5, 5.41) is 7.47. The number of hydrogen-bond donors (Lipinski definition) is 1.